The molecular formula is C27H24Cl2FN5OS. The van der Waals surface area contributed by atoms with Crippen LogP contribution in [0.25, 0.3) is 5.69 Å². The lowest BCUT2D eigenvalue weighted by Crippen LogP contribution is -2.49. The fourth-order valence-corrected chi connectivity index (χ4v) is 5.46. The number of aromatic nitrogens is 3. The van der Waals surface area contributed by atoms with E-state index in [-0.39, 0.29) is 17.5 Å². The SMILES string of the molecule is O=C(CSc1nnc(Cc2ccccc2)n1-c1ccc(Cl)c(Cl)c1)N1CCN(c2ccccc2F)CC1. The highest BCUT2D eigenvalue weighted by Crippen LogP contribution is 2.29. The quantitative estimate of drug-likeness (QED) is 0.272. The Morgan fingerprint density at radius 1 is 0.892 bits per heavy atom. The zero-order valence-corrected chi connectivity index (χ0v) is 22.2. The molecule has 2 heterocycles. The molecular weight excluding hydrogens is 532 g/mol. The molecule has 1 fully saturated rings. The third-order valence-electron chi connectivity index (χ3n) is 6.22. The minimum Gasteiger partial charge on any atom is -0.366 e. The van der Waals surface area contributed by atoms with E-state index in [1.165, 1.54) is 17.8 Å². The van der Waals surface area contributed by atoms with Gasteiger partial charge in [0.2, 0.25) is 5.91 Å². The third-order valence-corrected chi connectivity index (χ3v) is 7.87. The normalized spacial score (nSPS) is 13.7. The first-order valence-corrected chi connectivity index (χ1v) is 13.6. The summed E-state index contributed by atoms with van der Waals surface area (Å²) in [4.78, 5) is 16.8. The van der Waals surface area contributed by atoms with E-state index in [2.05, 4.69) is 10.2 Å². The smallest absolute Gasteiger partial charge is 0.233 e. The molecule has 0 bridgehead atoms. The van der Waals surface area contributed by atoms with Gasteiger partial charge in [0, 0.05) is 32.6 Å². The summed E-state index contributed by atoms with van der Waals surface area (Å²) in [5.74, 6) is 0.708. The molecule has 0 N–H and O–H groups in total. The zero-order chi connectivity index (χ0) is 25.8. The number of nitrogens with zero attached hydrogens (tertiary/aromatic N) is 5. The van der Waals surface area contributed by atoms with Crippen LogP contribution < -0.4 is 4.90 Å². The molecule has 0 saturated carbocycles. The highest BCUT2D eigenvalue weighted by atomic mass is 35.5. The van der Waals surface area contributed by atoms with Crippen LogP contribution in [-0.2, 0) is 11.2 Å². The number of hydrogen-bond donors (Lipinski definition) is 0. The molecule has 3 aromatic carbocycles. The monoisotopic (exact) mass is 555 g/mol. The lowest BCUT2D eigenvalue weighted by atomic mass is 10.1. The number of halogens is 3. The van der Waals surface area contributed by atoms with Gasteiger partial charge in [0.05, 0.1) is 27.2 Å². The first-order chi connectivity index (χ1) is 18.0. The van der Waals surface area contributed by atoms with E-state index in [0.29, 0.717) is 53.5 Å². The van der Waals surface area contributed by atoms with Gasteiger partial charge in [-0.25, -0.2) is 4.39 Å². The number of thioether (sulfide) groups is 1. The summed E-state index contributed by atoms with van der Waals surface area (Å²) in [7, 11) is 0. The minimum absolute atomic E-state index is 0.00600. The second kappa shape index (κ2) is 11.5. The van der Waals surface area contributed by atoms with Crippen molar-refractivity contribution in [1.29, 1.82) is 0 Å². The number of benzene rings is 3. The second-order valence-electron chi connectivity index (χ2n) is 8.60. The van der Waals surface area contributed by atoms with Crippen LogP contribution in [0.2, 0.25) is 10.0 Å². The largest absolute Gasteiger partial charge is 0.366 e. The van der Waals surface area contributed by atoms with Gasteiger partial charge in [0.15, 0.2) is 5.16 Å². The molecule has 1 aliphatic rings. The van der Waals surface area contributed by atoms with E-state index in [9.17, 15) is 9.18 Å². The molecule has 190 valence electrons. The highest BCUT2D eigenvalue weighted by Gasteiger charge is 2.24. The van der Waals surface area contributed by atoms with Gasteiger partial charge in [0.1, 0.15) is 11.6 Å². The van der Waals surface area contributed by atoms with E-state index in [1.54, 1.807) is 24.3 Å². The summed E-state index contributed by atoms with van der Waals surface area (Å²) in [6.07, 6.45) is 0.570. The zero-order valence-electron chi connectivity index (χ0n) is 19.9. The van der Waals surface area contributed by atoms with Gasteiger partial charge < -0.3 is 9.80 Å². The van der Waals surface area contributed by atoms with Gasteiger partial charge in [-0.3, -0.25) is 9.36 Å². The summed E-state index contributed by atoms with van der Waals surface area (Å²) in [6.45, 7) is 2.23. The number of amides is 1. The average molecular weight is 556 g/mol. The number of para-hydroxylation sites is 1. The Labute approximate surface area is 229 Å². The molecule has 37 heavy (non-hydrogen) atoms. The molecule has 10 heteroatoms. The van der Waals surface area contributed by atoms with Gasteiger partial charge in [0.25, 0.3) is 0 Å². The Balaban J connectivity index is 1.29. The lowest BCUT2D eigenvalue weighted by Gasteiger charge is -2.36. The number of piperazine rings is 1. The summed E-state index contributed by atoms with van der Waals surface area (Å²) < 4.78 is 16.1. The van der Waals surface area contributed by atoms with E-state index >= 15 is 0 Å². The van der Waals surface area contributed by atoms with Crippen LogP contribution in [0.1, 0.15) is 11.4 Å². The number of anilines is 1. The minimum atomic E-state index is -0.245. The van der Waals surface area contributed by atoms with E-state index in [0.717, 1.165) is 17.1 Å². The maximum atomic E-state index is 14.1. The first-order valence-electron chi connectivity index (χ1n) is 11.8. The van der Waals surface area contributed by atoms with Crippen molar-refractivity contribution < 1.29 is 9.18 Å². The number of carbonyl (C=O) groups is 1. The summed E-state index contributed by atoms with van der Waals surface area (Å²) in [5, 5.41) is 10.3. The van der Waals surface area contributed by atoms with Crippen molar-refractivity contribution in [3.63, 3.8) is 0 Å². The molecule has 0 radical (unpaired) electrons. The van der Waals surface area contributed by atoms with E-state index < -0.39 is 0 Å². The van der Waals surface area contributed by atoms with Crippen LogP contribution in [0.15, 0.2) is 78.0 Å². The van der Waals surface area contributed by atoms with Crippen molar-refractivity contribution in [3.05, 3.63) is 100 Å². The van der Waals surface area contributed by atoms with Gasteiger partial charge in [-0.1, -0.05) is 77.4 Å². The van der Waals surface area contributed by atoms with Gasteiger partial charge in [-0.15, -0.1) is 10.2 Å². The fourth-order valence-electron chi connectivity index (χ4n) is 4.29. The number of hydrogen-bond acceptors (Lipinski definition) is 5. The molecule has 5 rings (SSSR count). The molecule has 6 nitrogen and oxygen atoms in total. The molecule has 4 aromatic rings. The van der Waals surface area contributed by atoms with Crippen LogP contribution in [-0.4, -0.2) is 57.5 Å². The molecule has 0 spiro atoms. The Kier molecular flexibility index (Phi) is 7.98. The summed E-state index contributed by atoms with van der Waals surface area (Å²) >= 11 is 13.8. The highest BCUT2D eigenvalue weighted by molar-refractivity contribution is 7.99. The van der Waals surface area contributed by atoms with Crippen molar-refractivity contribution in [3.8, 4) is 5.69 Å². The molecule has 1 amide bonds. The van der Waals surface area contributed by atoms with Crippen molar-refractivity contribution in [2.75, 3.05) is 36.8 Å². The standard InChI is InChI=1S/C27H24Cl2FN5OS/c28-21-11-10-20(17-22(21)29)35-25(16-19-6-2-1-3-7-19)31-32-27(35)37-18-26(36)34-14-12-33(13-15-34)24-9-5-4-8-23(24)30/h1-11,17H,12-16,18H2. The molecule has 1 saturated heterocycles. The fraction of sp³-hybridized carbons (Fsp3) is 0.222. The van der Waals surface area contributed by atoms with Crippen molar-refractivity contribution in [2.45, 2.75) is 11.6 Å². The maximum Gasteiger partial charge on any atom is 0.233 e. The third kappa shape index (κ3) is 5.92. The van der Waals surface area contributed by atoms with Crippen LogP contribution in [0, 0.1) is 5.82 Å². The number of carbonyl (C=O) groups excluding carboxylic acids is 1. The predicted molar refractivity (Wildman–Crippen MR) is 147 cm³/mol. The van der Waals surface area contributed by atoms with Gasteiger partial charge in [-0.05, 0) is 35.9 Å². The molecule has 0 atom stereocenters. The molecule has 1 aliphatic heterocycles. The van der Waals surface area contributed by atoms with E-state index in [4.69, 9.17) is 23.2 Å². The lowest BCUT2D eigenvalue weighted by molar-refractivity contribution is -0.128. The molecule has 0 unspecified atom stereocenters. The summed E-state index contributed by atoms with van der Waals surface area (Å²) in [5.41, 5.74) is 2.44. The van der Waals surface area contributed by atoms with Crippen LogP contribution in [0.4, 0.5) is 10.1 Å². The van der Waals surface area contributed by atoms with Crippen LogP contribution >= 0.6 is 35.0 Å². The Bertz CT molecular complexity index is 1390. The van der Waals surface area contributed by atoms with Crippen molar-refractivity contribution in [1.82, 2.24) is 19.7 Å². The van der Waals surface area contributed by atoms with Crippen LogP contribution in [0.5, 0.6) is 0 Å². The van der Waals surface area contributed by atoms with Crippen LogP contribution in [0.3, 0.4) is 0 Å². The van der Waals surface area contributed by atoms with E-state index in [1.807, 2.05) is 56.8 Å². The van der Waals surface area contributed by atoms with Gasteiger partial charge in [-0.2, -0.15) is 0 Å². The Morgan fingerprint density at radius 2 is 1.62 bits per heavy atom. The average Bonchev–Trinajstić information content (AvgIpc) is 3.32. The maximum absolute atomic E-state index is 14.1. The van der Waals surface area contributed by atoms with Crippen molar-refractivity contribution in [2.24, 2.45) is 0 Å². The second-order valence-corrected chi connectivity index (χ2v) is 10.4. The van der Waals surface area contributed by atoms with Crippen molar-refractivity contribution >= 4 is 46.6 Å². The Hall–Kier alpha value is -3.07. The van der Waals surface area contributed by atoms with Gasteiger partial charge >= 0.3 is 0 Å². The first kappa shape index (κ1) is 25.6. The predicted octanol–water partition coefficient (Wildman–Crippen LogP) is 5.74. The molecule has 1 aromatic heterocycles. The number of rotatable bonds is 7. The molecule has 0 aliphatic carbocycles. The topological polar surface area (TPSA) is 54.3 Å². The Morgan fingerprint density at radius 3 is 2.35 bits per heavy atom. The summed E-state index contributed by atoms with van der Waals surface area (Å²) in [6, 6.07) is 22.1.